The number of carbonyl (C=O) groups excluding carboxylic acids is 1. The SMILES string of the molecule is COc1ncnc(C2CC2)c1-c1nc2c3c(ccn3CC(=O)N2Cc2ccc(-c3nc(C(F)(F)F)cn3C)cc2)n1. The fourth-order valence-corrected chi connectivity index (χ4v) is 5.26. The van der Waals surface area contributed by atoms with Crippen LogP contribution in [0, 0.1) is 0 Å². The van der Waals surface area contributed by atoms with Gasteiger partial charge in [-0.05, 0) is 24.5 Å². The highest BCUT2D eigenvalue weighted by molar-refractivity contribution is 6.04. The second-order valence-electron chi connectivity index (χ2n) is 10.2. The van der Waals surface area contributed by atoms with Crippen molar-refractivity contribution in [3.8, 4) is 28.7 Å². The molecule has 5 heterocycles. The normalized spacial score (nSPS) is 15.1. The zero-order chi connectivity index (χ0) is 28.5. The van der Waals surface area contributed by atoms with Gasteiger partial charge in [-0.15, -0.1) is 0 Å². The molecule has 1 aliphatic carbocycles. The third kappa shape index (κ3) is 4.28. The lowest BCUT2D eigenvalue weighted by Gasteiger charge is -2.28. The number of nitrogens with zero attached hydrogens (tertiary/aromatic N) is 8. The summed E-state index contributed by atoms with van der Waals surface area (Å²) in [7, 11) is 3.06. The first kappa shape index (κ1) is 25.2. The van der Waals surface area contributed by atoms with E-state index in [0.717, 1.165) is 35.8 Å². The lowest BCUT2D eigenvalue weighted by molar-refractivity contribution is -0.140. The van der Waals surface area contributed by atoms with Gasteiger partial charge in [-0.25, -0.2) is 24.9 Å². The smallest absolute Gasteiger partial charge is 0.434 e. The molecule has 208 valence electrons. The topological polar surface area (TPSA) is 104 Å². The molecule has 0 N–H and O–H groups in total. The summed E-state index contributed by atoms with van der Waals surface area (Å²) >= 11 is 0. The number of halogens is 3. The van der Waals surface area contributed by atoms with Crippen LogP contribution in [0.4, 0.5) is 19.0 Å². The van der Waals surface area contributed by atoms with Crippen LogP contribution in [0.5, 0.6) is 5.88 Å². The van der Waals surface area contributed by atoms with Crippen LogP contribution in [0.25, 0.3) is 33.8 Å². The second-order valence-corrected chi connectivity index (χ2v) is 10.2. The number of methoxy groups -OCH3 is 1. The summed E-state index contributed by atoms with van der Waals surface area (Å²) < 4.78 is 48.1. The molecule has 0 spiro atoms. The largest absolute Gasteiger partial charge is 0.480 e. The van der Waals surface area contributed by atoms with Crippen LogP contribution < -0.4 is 9.64 Å². The van der Waals surface area contributed by atoms with Gasteiger partial charge in [-0.2, -0.15) is 13.2 Å². The van der Waals surface area contributed by atoms with E-state index in [0.29, 0.717) is 34.2 Å². The van der Waals surface area contributed by atoms with Crippen LogP contribution in [0.1, 0.15) is 35.7 Å². The number of carbonyl (C=O) groups is 1. The van der Waals surface area contributed by atoms with Gasteiger partial charge in [0, 0.05) is 30.9 Å². The Balaban J connectivity index is 1.26. The zero-order valence-electron chi connectivity index (χ0n) is 22.1. The monoisotopic (exact) mass is 560 g/mol. The van der Waals surface area contributed by atoms with Crippen molar-refractivity contribution in [1.82, 2.24) is 34.1 Å². The van der Waals surface area contributed by atoms with Gasteiger partial charge in [0.2, 0.25) is 11.8 Å². The molecular weight excluding hydrogens is 537 g/mol. The van der Waals surface area contributed by atoms with Crippen LogP contribution in [0.2, 0.25) is 0 Å². The summed E-state index contributed by atoms with van der Waals surface area (Å²) in [5.74, 6) is 1.55. The molecule has 0 atom stereocenters. The van der Waals surface area contributed by atoms with Gasteiger partial charge in [0.05, 0.1) is 24.9 Å². The number of alkyl halides is 3. The third-order valence-corrected chi connectivity index (χ3v) is 7.40. The van der Waals surface area contributed by atoms with Crippen LogP contribution >= 0.6 is 0 Å². The van der Waals surface area contributed by atoms with E-state index < -0.39 is 11.9 Å². The summed E-state index contributed by atoms with van der Waals surface area (Å²) in [6.45, 7) is 0.345. The van der Waals surface area contributed by atoms with Crippen molar-refractivity contribution in [3.63, 3.8) is 0 Å². The number of aryl methyl sites for hydroxylation is 1. The molecule has 4 aromatic heterocycles. The quantitative estimate of drug-likeness (QED) is 0.296. The van der Waals surface area contributed by atoms with Gasteiger partial charge >= 0.3 is 6.18 Å². The summed E-state index contributed by atoms with van der Waals surface area (Å²) in [6.07, 6.45) is 1.75. The molecule has 1 aliphatic heterocycles. The van der Waals surface area contributed by atoms with Crippen molar-refractivity contribution in [1.29, 1.82) is 0 Å². The van der Waals surface area contributed by atoms with Gasteiger partial charge in [0.25, 0.3) is 0 Å². The molecule has 5 aromatic rings. The minimum absolute atomic E-state index is 0.135. The van der Waals surface area contributed by atoms with Crippen molar-refractivity contribution in [3.05, 3.63) is 66.0 Å². The Morgan fingerprint density at radius 2 is 1.83 bits per heavy atom. The average molecular weight is 561 g/mol. The average Bonchev–Trinajstić information content (AvgIpc) is 3.61. The molecule has 0 bridgehead atoms. The summed E-state index contributed by atoms with van der Waals surface area (Å²) in [5.41, 5.74) is 3.23. The molecule has 41 heavy (non-hydrogen) atoms. The maximum absolute atomic E-state index is 13.4. The Bertz CT molecular complexity index is 1820. The minimum atomic E-state index is -4.53. The fraction of sp³-hybridized carbons (Fsp3) is 0.286. The minimum Gasteiger partial charge on any atom is -0.480 e. The molecule has 7 rings (SSSR count). The van der Waals surface area contributed by atoms with E-state index >= 15 is 0 Å². The molecule has 0 unspecified atom stereocenters. The van der Waals surface area contributed by atoms with Gasteiger partial charge in [-0.3, -0.25) is 9.69 Å². The van der Waals surface area contributed by atoms with Crippen molar-refractivity contribution < 1.29 is 22.7 Å². The second kappa shape index (κ2) is 9.11. The van der Waals surface area contributed by atoms with Crippen molar-refractivity contribution in [2.24, 2.45) is 7.05 Å². The van der Waals surface area contributed by atoms with Crippen molar-refractivity contribution in [2.75, 3.05) is 12.0 Å². The Morgan fingerprint density at radius 3 is 2.51 bits per heavy atom. The molecule has 13 heteroatoms. The van der Waals surface area contributed by atoms with Crippen LogP contribution in [-0.4, -0.2) is 47.1 Å². The van der Waals surface area contributed by atoms with Crippen LogP contribution in [-0.2, 0) is 31.1 Å². The van der Waals surface area contributed by atoms with E-state index in [-0.39, 0.29) is 30.7 Å². The van der Waals surface area contributed by atoms with Crippen molar-refractivity contribution >= 4 is 22.8 Å². The number of aromatic nitrogens is 7. The first-order chi connectivity index (χ1) is 19.7. The van der Waals surface area contributed by atoms with E-state index in [1.165, 1.54) is 25.1 Å². The van der Waals surface area contributed by atoms with Gasteiger partial charge in [0.15, 0.2) is 17.3 Å². The highest BCUT2D eigenvalue weighted by atomic mass is 19.4. The molecule has 0 radical (unpaired) electrons. The Morgan fingerprint density at radius 1 is 1.05 bits per heavy atom. The standard InChI is InChI=1S/C28H23F3N8O2/c1-37-12-19(28(29,30)31)35-25(37)17-5-3-15(4-6-17)11-39-20(40)13-38-10-9-18-23(38)26(39)36-24(34-18)21-22(16-7-8-16)32-14-33-27(21)41-2/h3-6,9-10,12,14,16H,7-8,11,13H2,1-2H3. The lowest BCUT2D eigenvalue weighted by Crippen LogP contribution is -2.37. The van der Waals surface area contributed by atoms with E-state index in [1.54, 1.807) is 29.2 Å². The lowest BCUT2D eigenvalue weighted by atomic mass is 10.1. The number of imidazole rings is 1. The molecule has 2 aliphatic rings. The Kier molecular flexibility index (Phi) is 5.60. The number of benzene rings is 1. The van der Waals surface area contributed by atoms with Crippen LogP contribution in [0.3, 0.4) is 0 Å². The van der Waals surface area contributed by atoms with E-state index in [2.05, 4.69) is 15.0 Å². The molecule has 1 amide bonds. The predicted octanol–water partition coefficient (Wildman–Crippen LogP) is 4.74. The first-order valence-corrected chi connectivity index (χ1v) is 13.0. The van der Waals surface area contributed by atoms with Crippen LogP contribution in [0.15, 0.2) is 49.1 Å². The Labute approximate surface area is 231 Å². The van der Waals surface area contributed by atoms with E-state index in [4.69, 9.17) is 14.7 Å². The number of amides is 1. The molecule has 1 fully saturated rings. The molecule has 10 nitrogen and oxygen atoms in total. The zero-order valence-corrected chi connectivity index (χ0v) is 22.1. The van der Waals surface area contributed by atoms with E-state index in [1.807, 2.05) is 16.8 Å². The maximum atomic E-state index is 13.4. The van der Waals surface area contributed by atoms with Gasteiger partial charge < -0.3 is 13.9 Å². The maximum Gasteiger partial charge on any atom is 0.434 e. The highest BCUT2D eigenvalue weighted by Crippen LogP contribution is 2.45. The number of hydrogen-bond acceptors (Lipinski definition) is 7. The number of ether oxygens (including phenoxy) is 1. The number of anilines is 1. The van der Waals surface area contributed by atoms with Crippen molar-refractivity contribution in [2.45, 2.75) is 38.0 Å². The molecule has 1 saturated carbocycles. The summed E-state index contributed by atoms with van der Waals surface area (Å²) in [4.78, 5) is 37.2. The fourth-order valence-electron chi connectivity index (χ4n) is 5.26. The van der Waals surface area contributed by atoms with Gasteiger partial charge in [-0.1, -0.05) is 24.3 Å². The Hall–Kier alpha value is -4.81. The third-order valence-electron chi connectivity index (χ3n) is 7.40. The molecular formula is C28H23F3N8O2. The molecule has 1 aromatic carbocycles. The highest BCUT2D eigenvalue weighted by Gasteiger charge is 2.35. The summed E-state index contributed by atoms with van der Waals surface area (Å²) in [5, 5.41) is 0. The molecule has 0 saturated heterocycles. The van der Waals surface area contributed by atoms with Gasteiger partial charge in [0.1, 0.15) is 29.8 Å². The summed E-state index contributed by atoms with van der Waals surface area (Å²) in [6, 6.07) is 8.80. The first-order valence-electron chi connectivity index (χ1n) is 13.0. The predicted molar refractivity (Wildman–Crippen MR) is 142 cm³/mol. The number of hydrogen-bond donors (Lipinski definition) is 0. The number of rotatable bonds is 6. The van der Waals surface area contributed by atoms with E-state index in [9.17, 15) is 18.0 Å².